The Morgan fingerprint density at radius 1 is 1.20 bits per heavy atom. The zero-order chi connectivity index (χ0) is 18.6. The second-order valence-electron chi connectivity index (χ2n) is 5.42. The van der Waals surface area contributed by atoms with Crippen LogP contribution in [0.4, 0.5) is 14.5 Å². The Morgan fingerprint density at radius 3 is 2.52 bits per heavy atom. The number of nitrogens with one attached hydrogen (secondary N) is 1. The van der Waals surface area contributed by atoms with Gasteiger partial charge in [-0.2, -0.15) is 0 Å². The first-order valence-electron chi connectivity index (χ1n) is 7.56. The highest BCUT2D eigenvalue weighted by atomic mass is 32.2. The molecular weight excluding hydrogens is 350 g/mol. The summed E-state index contributed by atoms with van der Waals surface area (Å²) in [6.45, 7) is 3.64. The molecule has 0 aliphatic heterocycles. The van der Waals surface area contributed by atoms with Gasteiger partial charge >= 0.3 is 0 Å². The average molecular weight is 367 g/mol. The number of hydrogen-bond acceptors (Lipinski definition) is 4. The summed E-state index contributed by atoms with van der Waals surface area (Å²) < 4.78 is 53.3. The van der Waals surface area contributed by atoms with Crippen molar-refractivity contribution in [3.63, 3.8) is 0 Å². The monoisotopic (exact) mass is 367 g/mol. The zero-order valence-electron chi connectivity index (χ0n) is 13.7. The highest BCUT2D eigenvalue weighted by Gasteiger charge is 2.18. The molecule has 0 saturated carbocycles. The van der Waals surface area contributed by atoms with E-state index >= 15 is 0 Å². The third kappa shape index (κ3) is 4.54. The quantitative estimate of drug-likeness (QED) is 0.629. The molecule has 0 amide bonds. The Morgan fingerprint density at radius 2 is 1.88 bits per heavy atom. The van der Waals surface area contributed by atoms with Crippen molar-refractivity contribution in [1.29, 1.82) is 0 Å². The minimum absolute atomic E-state index is 0.0179. The standard InChI is InChI=1S/C17H18F2N2O3S/c1-3-11(2)20-17(22)13-6-4-5-7-16(13)21-25(23,24)12-8-9-14(18)15(19)10-12/h4-11,21H,3H2,1-2H3,(H,20,22)/p-1/t11-/m1/s1. The van der Waals surface area contributed by atoms with Crippen LogP contribution in [0.2, 0.25) is 0 Å². The van der Waals surface area contributed by atoms with Crippen LogP contribution in [0.25, 0.3) is 0 Å². The van der Waals surface area contributed by atoms with Crippen LogP contribution in [0.3, 0.4) is 0 Å². The molecule has 2 aromatic rings. The molecule has 0 saturated heterocycles. The fourth-order valence-electron chi connectivity index (χ4n) is 1.97. The highest BCUT2D eigenvalue weighted by molar-refractivity contribution is 7.92. The molecule has 0 aromatic heterocycles. The van der Waals surface area contributed by atoms with Crippen LogP contribution in [0.15, 0.2) is 52.4 Å². The summed E-state index contributed by atoms with van der Waals surface area (Å²) in [5.74, 6) is -2.99. The van der Waals surface area contributed by atoms with Gasteiger partial charge in [0, 0.05) is 11.6 Å². The van der Waals surface area contributed by atoms with Crippen molar-refractivity contribution in [1.82, 2.24) is 0 Å². The molecule has 0 radical (unpaired) electrons. The molecule has 0 bridgehead atoms. The summed E-state index contributed by atoms with van der Waals surface area (Å²) in [7, 11) is -4.19. The number of rotatable bonds is 6. The van der Waals surface area contributed by atoms with Crippen LogP contribution in [0.1, 0.15) is 25.8 Å². The summed E-state index contributed by atoms with van der Waals surface area (Å²) in [4.78, 5) is 3.52. The topological polar surface area (TPSA) is 81.6 Å². The Labute approximate surface area is 145 Å². The lowest BCUT2D eigenvalue weighted by Crippen LogP contribution is -2.24. The second-order valence-corrected chi connectivity index (χ2v) is 7.10. The molecule has 0 spiro atoms. The molecule has 134 valence electrons. The molecule has 0 fully saturated rings. The molecule has 0 aliphatic carbocycles. The van der Waals surface area contributed by atoms with Crippen molar-refractivity contribution < 1.29 is 22.3 Å². The molecule has 2 rings (SSSR count). The fourth-order valence-corrected chi connectivity index (χ4v) is 3.06. The lowest BCUT2D eigenvalue weighted by atomic mass is 10.2. The van der Waals surface area contributed by atoms with Gasteiger partial charge in [-0.1, -0.05) is 25.1 Å². The summed E-state index contributed by atoms with van der Waals surface area (Å²) in [6, 6.07) is 7.99. The maximum Gasteiger partial charge on any atom is 0.262 e. The number of para-hydroxylation sites is 1. The van der Waals surface area contributed by atoms with Gasteiger partial charge in [0.15, 0.2) is 11.6 Å². The van der Waals surface area contributed by atoms with E-state index in [1.807, 2.05) is 6.92 Å². The molecule has 0 aliphatic rings. The van der Waals surface area contributed by atoms with Gasteiger partial charge in [-0.15, -0.1) is 0 Å². The SMILES string of the molecule is CC[C@@H](C)N=C([O-])c1ccccc1NS(=O)(=O)c1ccc(F)c(F)c1. The largest absolute Gasteiger partial charge is 0.858 e. The third-order valence-electron chi connectivity index (χ3n) is 3.53. The molecule has 2 aromatic carbocycles. The molecule has 8 heteroatoms. The summed E-state index contributed by atoms with van der Waals surface area (Å²) in [5, 5.41) is 12.2. The van der Waals surface area contributed by atoms with Crippen LogP contribution >= 0.6 is 0 Å². The Kier molecular flexibility index (Phi) is 5.73. The maximum absolute atomic E-state index is 13.3. The fraction of sp³-hybridized carbons (Fsp3) is 0.235. The normalized spacial score (nSPS) is 13.5. The zero-order valence-corrected chi connectivity index (χ0v) is 14.5. The van der Waals surface area contributed by atoms with E-state index in [2.05, 4.69) is 9.71 Å². The van der Waals surface area contributed by atoms with Crippen LogP contribution in [0, 0.1) is 11.6 Å². The van der Waals surface area contributed by atoms with E-state index in [9.17, 15) is 22.3 Å². The number of nitrogens with zero attached hydrogens (tertiary/aromatic N) is 1. The number of hydrogen-bond donors (Lipinski definition) is 1. The van der Waals surface area contributed by atoms with Gasteiger partial charge in [0.2, 0.25) is 0 Å². The van der Waals surface area contributed by atoms with Crippen LogP contribution in [-0.2, 0) is 10.0 Å². The molecule has 5 nitrogen and oxygen atoms in total. The first-order valence-corrected chi connectivity index (χ1v) is 9.05. The van der Waals surface area contributed by atoms with Crippen molar-refractivity contribution >= 4 is 21.6 Å². The van der Waals surface area contributed by atoms with Gasteiger partial charge < -0.3 is 5.11 Å². The second kappa shape index (κ2) is 7.60. The summed E-state index contributed by atoms with van der Waals surface area (Å²) in [5.41, 5.74) is 0.0956. The van der Waals surface area contributed by atoms with Crippen molar-refractivity contribution in [2.45, 2.75) is 31.2 Å². The lowest BCUT2D eigenvalue weighted by molar-refractivity contribution is -0.213. The van der Waals surface area contributed by atoms with Crippen molar-refractivity contribution in [3.05, 3.63) is 59.7 Å². The first-order chi connectivity index (χ1) is 11.7. The van der Waals surface area contributed by atoms with Crippen LogP contribution in [0.5, 0.6) is 0 Å². The lowest BCUT2D eigenvalue weighted by Gasteiger charge is -2.18. The number of benzene rings is 2. The van der Waals surface area contributed by atoms with Gasteiger partial charge in [-0.3, -0.25) is 9.71 Å². The molecule has 0 unspecified atom stereocenters. The molecule has 0 heterocycles. The maximum atomic E-state index is 13.3. The predicted octanol–water partition coefficient (Wildman–Crippen LogP) is 2.67. The third-order valence-corrected chi connectivity index (χ3v) is 4.89. The van der Waals surface area contributed by atoms with Crippen LogP contribution < -0.4 is 9.83 Å². The summed E-state index contributed by atoms with van der Waals surface area (Å²) >= 11 is 0. The van der Waals surface area contributed by atoms with E-state index in [0.29, 0.717) is 12.5 Å². The predicted molar refractivity (Wildman–Crippen MR) is 89.9 cm³/mol. The number of halogens is 2. The van der Waals surface area contributed by atoms with Gasteiger partial charge in [-0.05, 0) is 43.5 Å². The smallest absolute Gasteiger partial charge is 0.262 e. The minimum atomic E-state index is -4.19. The van der Waals surface area contributed by atoms with Crippen LogP contribution in [-0.4, -0.2) is 20.4 Å². The van der Waals surface area contributed by atoms with E-state index in [0.717, 1.165) is 12.1 Å². The minimum Gasteiger partial charge on any atom is -0.858 e. The van der Waals surface area contributed by atoms with Crippen molar-refractivity contribution in [2.24, 2.45) is 4.99 Å². The van der Waals surface area contributed by atoms with Gasteiger partial charge in [0.05, 0.1) is 10.6 Å². The molecule has 1 atom stereocenters. The number of aliphatic imine (C=N–C) groups is 1. The van der Waals surface area contributed by atoms with E-state index in [1.54, 1.807) is 19.1 Å². The first kappa shape index (κ1) is 18.9. The van der Waals surface area contributed by atoms with E-state index < -0.39 is 32.5 Å². The Balaban J connectivity index is 2.40. The molecule has 1 N–H and O–H groups in total. The van der Waals surface area contributed by atoms with Gasteiger partial charge in [0.25, 0.3) is 10.0 Å². The number of anilines is 1. The molecular formula is C17H17F2N2O3S-. The average Bonchev–Trinajstić information content (AvgIpc) is 2.57. The van der Waals surface area contributed by atoms with Gasteiger partial charge in [-0.25, -0.2) is 17.2 Å². The van der Waals surface area contributed by atoms with E-state index in [1.165, 1.54) is 12.1 Å². The number of sulfonamides is 1. The van der Waals surface area contributed by atoms with Gasteiger partial charge in [0.1, 0.15) is 0 Å². The summed E-state index contributed by atoms with van der Waals surface area (Å²) in [6.07, 6.45) is 0.661. The van der Waals surface area contributed by atoms with Crippen molar-refractivity contribution in [3.8, 4) is 0 Å². The highest BCUT2D eigenvalue weighted by Crippen LogP contribution is 2.21. The Hall–Kier alpha value is -2.48. The van der Waals surface area contributed by atoms with E-state index in [4.69, 9.17) is 0 Å². The van der Waals surface area contributed by atoms with E-state index in [-0.39, 0.29) is 17.3 Å². The van der Waals surface area contributed by atoms with Crippen molar-refractivity contribution in [2.75, 3.05) is 4.72 Å². The Bertz CT molecular complexity index is 899. The molecule has 25 heavy (non-hydrogen) atoms.